The summed E-state index contributed by atoms with van der Waals surface area (Å²) in [7, 11) is 0. The highest BCUT2D eigenvalue weighted by atomic mass is 35.5. The molecular formula is C11H17ClN2O9. The van der Waals surface area contributed by atoms with Crippen molar-refractivity contribution >= 4 is 24.3 Å². The first-order valence-electron chi connectivity index (χ1n) is 6.60. The molecule has 132 valence electrons. The molecule has 0 bridgehead atoms. The fourth-order valence-corrected chi connectivity index (χ4v) is 2.36. The number of halogens is 1. The lowest BCUT2D eigenvalue weighted by Crippen LogP contribution is -2.36. The number of esters is 1. The van der Waals surface area contributed by atoms with E-state index in [2.05, 4.69) is 4.84 Å². The molecule has 0 unspecified atom stereocenters. The molecule has 0 aromatic rings. The van der Waals surface area contributed by atoms with Crippen LogP contribution in [-0.4, -0.2) is 65.8 Å². The number of rotatable bonds is 7. The normalized spacial score (nSPS) is 30.0. The summed E-state index contributed by atoms with van der Waals surface area (Å²) in [6.45, 7) is -0.00210. The summed E-state index contributed by atoms with van der Waals surface area (Å²) in [5.74, 6) is -1.83. The Hall–Kier alpha value is -1.69. The quantitative estimate of drug-likeness (QED) is 0.325. The minimum absolute atomic E-state index is 0. The summed E-state index contributed by atoms with van der Waals surface area (Å²) in [5, 5.41) is 18.0. The molecule has 2 aliphatic heterocycles. The highest BCUT2D eigenvalue weighted by molar-refractivity contribution is 5.85. The van der Waals surface area contributed by atoms with Crippen LogP contribution in [-0.2, 0) is 28.6 Å². The van der Waals surface area contributed by atoms with Crippen molar-refractivity contribution in [2.24, 2.45) is 5.73 Å². The first kappa shape index (κ1) is 19.4. The van der Waals surface area contributed by atoms with Crippen LogP contribution in [0.25, 0.3) is 0 Å². The number of carboxylic acids is 1. The summed E-state index contributed by atoms with van der Waals surface area (Å²) >= 11 is 0. The van der Waals surface area contributed by atoms with E-state index >= 15 is 0 Å². The number of carbonyl (C=O) groups is 2. The van der Waals surface area contributed by atoms with Crippen molar-refractivity contribution in [1.82, 2.24) is 0 Å². The van der Waals surface area contributed by atoms with Crippen LogP contribution in [0.3, 0.4) is 0 Å². The number of carboxylic acid groups (broad SMARTS) is 1. The highest BCUT2D eigenvalue weighted by Crippen LogP contribution is 2.30. The van der Waals surface area contributed by atoms with Crippen molar-refractivity contribution in [3.8, 4) is 0 Å². The summed E-state index contributed by atoms with van der Waals surface area (Å²) in [4.78, 5) is 37.0. The van der Waals surface area contributed by atoms with Crippen LogP contribution in [0.4, 0.5) is 0 Å². The van der Waals surface area contributed by atoms with Crippen LogP contribution in [0.1, 0.15) is 12.8 Å². The van der Waals surface area contributed by atoms with Crippen molar-refractivity contribution in [2.75, 3.05) is 13.2 Å². The molecule has 3 N–H and O–H groups in total. The number of fused-ring (bicyclic) bond motifs is 1. The fourth-order valence-electron chi connectivity index (χ4n) is 2.36. The Labute approximate surface area is 136 Å². The van der Waals surface area contributed by atoms with Crippen LogP contribution in [0, 0.1) is 10.1 Å². The second-order valence-electron chi connectivity index (χ2n) is 4.98. The van der Waals surface area contributed by atoms with Crippen LogP contribution in [0.15, 0.2) is 0 Å². The maximum atomic E-state index is 11.7. The molecule has 0 amide bonds. The van der Waals surface area contributed by atoms with Crippen molar-refractivity contribution in [3.05, 3.63) is 10.1 Å². The molecule has 0 saturated carbocycles. The van der Waals surface area contributed by atoms with Gasteiger partial charge in [0.1, 0.15) is 18.2 Å². The number of aliphatic carboxylic acids is 1. The number of nitrogens with zero attached hydrogens (tertiary/aromatic N) is 1. The van der Waals surface area contributed by atoms with E-state index in [1.165, 1.54) is 0 Å². The zero-order valence-corrected chi connectivity index (χ0v) is 12.7. The van der Waals surface area contributed by atoms with E-state index in [4.69, 9.17) is 25.1 Å². The molecule has 5 atom stereocenters. The number of carbonyl (C=O) groups excluding carboxylic acids is 1. The minimum atomic E-state index is -1.20. The second kappa shape index (κ2) is 8.24. The van der Waals surface area contributed by atoms with Gasteiger partial charge in [-0.1, -0.05) is 0 Å². The third-order valence-electron chi connectivity index (χ3n) is 3.44. The lowest BCUT2D eigenvalue weighted by molar-refractivity contribution is -0.769. The standard InChI is InChI=1S/C11H16N2O9.ClH/c12-5(11(15)16)1-2-8(14)21-6-3-19-10-7(22-13(17)18)4-20-9(6)10;/h5-7,9-10H,1-4,12H2,(H,15,16);1H/t5-,6-,7+,9+,10+;/m0./s1. The number of ether oxygens (including phenoxy) is 3. The lowest BCUT2D eigenvalue weighted by atomic mass is 10.1. The number of nitrogens with two attached hydrogens (primary N) is 1. The lowest BCUT2D eigenvalue weighted by Gasteiger charge is -2.17. The maximum Gasteiger partial charge on any atom is 0.320 e. The van der Waals surface area contributed by atoms with Gasteiger partial charge in [0.25, 0.3) is 5.09 Å². The molecule has 2 fully saturated rings. The van der Waals surface area contributed by atoms with Crippen LogP contribution >= 0.6 is 12.4 Å². The van der Waals surface area contributed by atoms with E-state index in [1.54, 1.807) is 0 Å². The van der Waals surface area contributed by atoms with E-state index in [-0.39, 0.29) is 38.5 Å². The van der Waals surface area contributed by atoms with Gasteiger partial charge >= 0.3 is 11.9 Å². The zero-order valence-electron chi connectivity index (χ0n) is 11.9. The van der Waals surface area contributed by atoms with Crippen LogP contribution in [0.2, 0.25) is 0 Å². The van der Waals surface area contributed by atoms with Gasteiger partial charge in [0.2, 0.25) is 0 Å². The van der Waals surface area contributed by atoms with E-state index in [9.17, 15) is 19.7 Å². The van der Waals surface area contributed by atoms with Gasteiger partial charge in [0, 0.05) is 6.42 Å². The molecule has 0 radical (unpaired) electrons. The first-order chi connectivity index (χ1) is 10.4. The smallest absolute Gasteiger partial charge is 0.320 e. The Balaban J connectivity index is 0.00000264. The van der Waals surface area contributed by atoms with Gasteiger partial charge in [0.05, 0.1) is 13.2 Å². The molecule has 11 nitrogen and oxygen atoms in total. The second-order valence-corrected chi connectivity index (χ2v) is 4.98. The highest BCUT2D eigenvalue weighted by Gasteiger charge is 2.51. The molecule has 12 heteroatoms. The average molecular weight is 357 g/mol. The summed E-state index contributed by atoms with van der Waals surface area (Å²) < 4.78 is 15.8. The molecule has 23 heavy (non-hydrogen) atoms. The Morgan fingerprint density at radius 2 is 1.87 bits per heavy atom. The zero-order chi connectivity index (χ0) is 16.3. The van der Waals surface area contributed by atoms with Gasteiger partial charge < -0.3 is 29.9 Å². The number of hydrogen-bond acceptors (Lipinski definition) is 9. The van der Waals surface area contributed by atoms with Crippen LogP contribution < -0.4 is 5.73 Å². The molecule has 2 rings (SSSR count). The maximum absolute atomic E-state index is 11.7. The molecule has 2 aliphatic rings. The van der Waals surface area contributed by atoms with E-state index in [0.717, 1.165) is 0 Å². The largest absolute Gasteiger partial charge is 0.480 e. The first-order valence-corrected chi connectivity index (χ1v) is 6.60. The Bertz CT molecular complexity index is 463. The van der Waals surface area contributed by atoms with Gasteiger partial charge in [-0.2, -0.15) is 0 Å². The predicted octanol–water partition coefficient (Wildman–Crippen LogP) is -1.11. The average Bonchev–Trinajstić information content (AvgIpc) is 3.00. The third kappa shape index (κ3) is 4.89. The molecule has 0 aromatic heterocycles. The van der Waals surface area contributed by atoms with Crippen molar-refractivity contribution in [3.63, 3.8) is 0 Å². The van der Waals surface area contributed by atoms with Crippen LogP contribution in [0.5, 0.6) is 0 Å². The van der Waals surface area contributed by atoms with Crippen molar-refractivity contribution < 1.29 is 38.8 Å². The van der Waals surface area contributed by atoms with Crippen molar-refractivity contribution in [2.45, 2.75) is 43.3 Å². The Morgan fingerprint density at radius 3 is 2.43 bits per heavy atom. The Morgan fingerprint density at radius 1 is 1.30 bits per heavy atom. The monoisotopic (exact) mass is 356 g/mol. The summed E-state index contributed by atoms with van der Waals surface area (Å²) in [6.07, 6.45) is -3.09. The van der Waals surface area contributed by atoms with Gasteiger partial charge in [-0.3, -0.25) is 9.59 Å². The molecule has 0 aliphatic carbocycles. The van der Waals surface area contributed by atoms with Gasteiger partial charge in [-0.25, -0.2) is 0 Å². The van der Waals surface area contributed by atoms with E-state index in [1.807, 2.05) is 0 Å². The topological polar surface area (TPSA) is 160 Å². The van der Waals surface area contributed by atoms with E-state index < -0.39 is 47.5 Å². The molecule has 2 heterocycles. The molecule has 0 aromatic carbocycles. The summed E-state index contributed by atoms with van der Waals surface area (Å²) in [5.41, 5.74) is 5.29. The SMILES string of the molecule is Cl.N[C@@H](CCC(=O)O[C@H]1CO[C@H]2[C@@H]1OC[C@H]2O[N+](=O)[O-])C(=O)O. The Kier molecular flexibility index (Phi) is 6.94. The van der Waals surface area contributed by atoms with E-state index in [0.29, 0.717) is 0 Å². The fraction of sp³-hybridized carbons (Fsp3) is 0.818. The minimum Gasteiger partial charge on any atom is -0.480 e. The van der Waals surface area contributed by atoms with Gasteiger partial charge in [-0.15, -0.1) is 22.5 Å². The third-order valence-corrected chi connectivity index (χ3v) is 3.44. The van der Waals surface area contributed by atoms with Gasteiger partial charge in [0.15, 0.2) is 12.2 Å². The molecule has 2 saturated heterocycles. The number of hydrogen-bond donors (Lipinski definition) is 2. The van der Waals surface area contributed by atoms with Crippen molar-refractivity contribution in [1.29, 1.82) is 0 Å². The summed E-state index contributed by atoms with van der Waals surface area (Å²) in [6, 6.07) is -1.14. The molecular weight excluding hydrogens is 340 g/mol. The molecule has 0 spiro atoms. The predicted molar refractivity (Wildman–Crippen MR) is 73.3 cm³/mol. The van der Waals surface area contributed by atoms with Gasteiger partial charge in [-0.05, 0) is 6.42 Å².